The van der Waals surface area contributed by atoms with Crippen molar-refractivity contribution in [2.45, 2.75) is 19.4 Å². The molecule has 8 heteroatoms. The standard InChI is InChI=1S/C38H36N4O4/c1-44-35-23-29-18-21-42(26-31(29)24-36(35)45-2)20-17-27-9-13-32(14-10-27)41-37(43)15-11-28-12-16-38(40-25-28)46-33-7-5-6-30(22-33)34-8-3-4-19-39-34/h3-16,19,22-25H,17-18,20-21,26H2,1-2H3,(H,41,43)/b15-11+. The fraction of sp³-hybridized carbons (Fsp3) is 0.184. The number of fused-ring (bicyclic) bond motifs is 1. The number of pyridine rings is 2. The van der Waals surface area contributed by atoms with Crippen LogP contribution >= 0.6 is 0 Å². The molecule has 0 unspecified atom stereocenters. The number of carbonyl (C=O) groups excluding carboxylic acids is 1. The molecule has 2 aromatic heterocycles. The highest BCUT2D eigenvalue weighted by molar-refractivity contribution is 6.01. The summed E-state index contributed by atoms with van der Waals surface area (Å²) < 4.78 is 16.9. The Bertz CT molecular complexity index is 1810. The number of methoxy groups -OCH3 is 2. The van der Waals surface area contributed by atoms with Gasteiger partial charge < -0.3 is 19.5 Å². The number of benzene rings is 3. The van der Waals surface area contributed by atoms with Crippen molar-refractivity contribution in [1.82, 2.24) is 14.9 Å². The molecule has 3 aromatic carbocycles. The fourth-order valence-corrected chi connectivity index (χ4v) is 5.45. The van der Waals surface area contributed by atoms with Gasteiger partial charge in [-0.3, -0.25) is 14.7 Å². The Kier molecular flexibility index (Phi) is 9.66. The molecule has 6 rings (SSSR count). The fourth-order valence-electron chi connectivity index (χ4n) is 5.45. The van der Waals surface area contributed by atoms with Gasteiger partial charge in [-0.2, -0.15) is 0 Å². The molecule has 0 atom stereocenters. The first-order chi connectivity index (χ1) is 22.6. The predicted octanol–water partition coefficient (Wildman–Crippen LogP) is 7.21. The van der Waals surface area contributed by atoms with E-state index < -0.39 is 0 Å². The zero-order valence-electron chi connectivity index (χ0n) is 26.0. The largest absolute Gasteiger partial charge is 0.493 e. The predicted molar refractivity (Wildman–Crippen MR) is 180 cm³/mol. The number of rotatable bonds is 11. The first-order valence-electron chi connectivity index (χ1n) is 15.3. The van der Waals surface area contributed by atoms with Crippen molar-refractivity contribution in [2.75, 3.05) is 32.6 Å². The van der Waals surface area contributed by atoms with Crippen LogP contribution in [-0.2, 0) is 24.2 Å². The zero-order chi connectivity index (χ0) is 31.7. The number of carbonyl (C=O) groups is 1. The summed E-state index contributed by atoms with van der Waals surface area (Å²) >= 11 is 0. The van der Waals surface area contributed by atoms with Crippen LogP contribution in [0.4, 0.5) is 5.69 Å². The molecule has 8 nitrogen and oxygen atoms in total. The second kappa shape index (κ2) is 14.5. The van der Waals surface area contributed by atoms with E-state index in [2.05, 4.69) is 44.5 Å². The zero-order valence-corrected chi connectivity index (χ0v) is 26.0. The lowest BCUT2D eigenvalue weighted by Crippen LogP contribution is -2.32. The summed E-state index contributed by atoms with van der Waals surface area (Å²) in [6, 6.07) is 29.4. The van der Waals surface area contributed by atoms with Crippen LogP contribution in [0.3, 0.4) is 0 Å². The van der Waals surface area contributed by atoms with E-state index in [9.17, 15) is 4.79 Å². The molecule has 1 N–H and O–H groups in total. The van der Waals surface area contributed by atoms with E-state index in [-0.39, 0.29) is 5.91 Å². The number of ether oxygens (including phenoxy) is 3. The quantitative estimate of drug-likeness (QED) is 0.158. The lowest BCUT2D eigenvalue weighted by molar-refractivity contribution is -0.111. The van der Waals surface area contributed by atoms with Crippen molar-refractivity contribution in [3.63, 3.8) is 0 Å². The van der Waals surface area contributed by atoms with Gasteiger partial charge in [0.2, 0.25) is 11.8 Å². The summed E-state index contributed by atoms with van der Waals surface area (Å²) in [5, 5.41) is 2.93. The van der Waals surface area contributed by atoms with Crippen LogP contribution in [-0.4, -0.2) is 48.1 Å². The van der Waals surface area contributed by atoms with Crippen molar-refractivity contribution in [3.05, 3.63) is 132 Å². The van der Waals surface area contributed by atoms with Crippen LogP contribution in [0.25, 0.3) is 17.3 Å². The maximum Gasteiger partial charge on any atom is 0.248 e. The van der Waals surface area contributed by atoms with Crippen LogP contribution < -0.4 is 19.5 Å². The van der Waals surface area contributed by atoms with Crippen molar-refractivity contribution in [2.24, 2.45) is 0 Å². The van der Waals surface area contributed by atoms with Crippen molar-refractivity contribution in [1.29, 1.82) is 0 Å². The van der Waals surface area contributed by atoms with Crippen LogP contribution in [0.1, 0.15) is 22.3 Å². The molecule has 1 aliphatic rings. The van der Waals surface area contributed by atoms with Crippen molar-refractivity contribution in [3.8, 4) is 34.4 Å². The Balaban J connectivity index is 0.968. The third-order valence-electron chi connectivity index (χ3n) is 7.94. The molecule has 0 radical (unpaired) electrons. The molecule has 0 saturated carbocycles. The number of anilines is 1. The highest BCUT2D eigenvalue weighted by atomic mass is 16.5. The molecule has 5 aromatic rings. The van der Waals surface area contributed by atoms with Gasteiger partial charge in [0.25, 0.3) is 0 Å². The highest BCUT2D eigenvalue weighted by Crippen LogP contribution is 2.33. The van der Waals surface area contributed by atoms with Crippen molar-refractivity contribution < 1.29 is 19.0 Å². The van der Waals surface area contributed by atoms with E-state index in [1.54, 1.807) is 38.8 Å². The van der Waals surface area contributed by atoms with Gasteiger partial charge in [0.15, 0.2) is 11.5 Å². The molecule has 46 heavy (non-hydrogen) atoms. The molecule has 0 spiro atoms. The summed E-state index contributed by atoms with van der Waals surface area (Å²) in [5.41, 5.74) is 7.22. The van der Waals surface area contributed by atoms with E-state index in [0.717, 1.165) is 66.5 Å². The van der Waals surface area contributed by atoms with Gasteiger partial charge in [0, 0.05) is 55.4 Å². The van der Waals surface area contributed by atoms with E-state index in [4.69, 9.17) is 14.2 Å². The molecule has 3 heterocycles. The minimum atomic E-state index is -0.210. The SMILES string of the molecule is COc1cc2c(cc1OC)CN(CCc1ccc(NC(=O)/C=C/c3ccc(Oc4cccc(-c5ccccn5)c4)nc3)cc1)CC2. The van der Waals surface area contributed by atoms with Gasteiger partial charge in [-0.15, -0.1) is 0 Å². The number of hydrogen-bond acceptors (Lipinski definition) is 7. The van der Waals surface area contributed by atoms with E-state index in [0.29, 0.717) is 11.6 Å². The van der Waals surface area contributed by atoms with Crippen molar-refractivity contribution >= 4 is 17.7 Å². The average molecular weight is 613 g/mol. The van der Waals surface area contributed by atoms with Gasteiger partial charge in [-0.25, -0.2) is 4.98 Å². The molecule has 0 bridgehead atoms. The summed E-state index contributed by atoms with van der Waals surface area (Å²) in [7, 11) is 3.35. The summed E-state index contributed by atoms with van der Waals surface area (Å²) in [4.78, 5) is 23.8. The van der Waals surface area contributed by atoms with Crippen LogP contribution in [0.15, 0.2) is 109 Å². The Morgan fingerprint density at radius 1 is 0.891 bits per heavy atom. The number of nitrogens with zero attached hydrogens (tertiary/aromatic N) is 3. The molecule has 0 aliphatic carbocycles. The first kappa shape index (κ1) is 30.6. The topological polar surface area (TPSA) is 85.8 Å². The summed E-state index contributed by atoms with van der Waals surface area (Å²) in [6.07, 6.45) is 8.58. The maximum absolute atomic E-state index is 12.6. The van der Waals surface area contributed by atoms with Crippen LogP contribution in [0, 0.1) is 0 Å². The smallest absolute Gasteiger partial charge is 0.248 e. The monoisotopic (exact) mass is 612 g/mol. The lowest BCUT2D eigenvalue weighted by atomic mass is 9.98. The summed E-state index contributed by atoms with van der Waals surface area (Å²) in [5.74, 6) is 2.48. The number of amides is 1. The molecule has 0 saturated heterocycles. The van der Waals surface area contributed by atoms with Crippen LogP contribution in [0.2, 0.25) is 0 Å². The van der Waals surface area contributed by atoms with Crippen LogP contribution in [0.5, 0.6) is 23.1 Å². The Morgan fingerprint density at radius 2 is 1.72 bits per heavy atom. The third-order valence-corrected chi connectivity index (χ3v) is 7.94. The molecule has 1 amide bonds. The van der Waals surface area contributed by atoms with E-state index >= 15 is 0 Å². The first-order valence-corrected chi connectivity index (χ1v) is 15.3. The molecule has 0 fully saturated rings. The highest BCUT2D eigenvalue weighted by Gasteiger charge is 2.19. The molecule has 1 aliphatic heterocycles. The Hall–Kier alpha value is -5.47. The van der Waals surface area contributed by atoms with Gasteiger partial charge >= 0.3 is 0 Å². The van der Waals surface area contributed by atoms with Gasteiger partial charge in [-0.1, -0.05) is 30.3 Å². The third kappa shape index (κ3) is 7.78. The Morgan fingerprint density at radius 3 is 2.46 bits per heavy atom. The maximum atomic E-state index is 12.6. The number of nitrogens with one attached hydrogen (secondary N) is 1. The second-order valence-corrected chi connectivity index (χ2v) is 11.0. The number of hydrogen-bond donors (Lipinski definition) is 1. The van der Waals surface area contributed by atoms with Gasteiger partial charge in [-0.05, 0) is 95.8 Å². The molecular weight excluding hydrogens is 576 g/mol. The normalized spacial score (nSPS) is 12.8. The Labute approximate surface area is 269 Å². The van der Waals surface area contributed by atoms with E-state index in [1.165, 1.54) is 22.8 Å². The molecular formula is C38H36N4O4. The minimum absolute atomic E-state index is 0.210. The molecule has 232 valence electrons. The lowest BCUT2D eigenvalue weighted by Gasteiger charge is -2.29. The van der Waals surface area contributed by atoms with Gasteiger partial charge in [0.05, 0.1) is 19.9 Å². The van der Waals surface area contributed by atoms with E-state index in [1.807, 2.05) is 60.7 Å². The summed E-state index contributed by atoms with van der Waals surface area (Å²) in [6.45, 7) is 2.86. The van der Waals surface area contributed by atoms with Gasteiger partial charge in [0.1, 0.15) is 5.75 Å². The number of aromatic nitrogens is 2. The second-order valence-electron chi connectivity index (χ2n) is 11.0. The average Bonchev–Trinajstić information content (AvgIpc) is 3.11. The minimum Gasteiger partial charge on any atom is -0.493 e.